The first kappa shape index (κ1) is 29.8. The number of nitrogens with one attached hydrogen (secondary N) is 2. The molecule has 0 saturated heterocycles. The standard InChI is InChI=1S/C31H29F5N2O3/c1-3-4-8-17-38-30(40)23-21(15-16-31(34,35)36)22(18-9-6-5-7-10-18)26(33)24-25(29(39)37-2)27(41-28(23)24)19-11-13-20(32)14-12-19/h5-7,9-14H,3-4,8,15-17H2,1-2H3,(H,37,39)(H,38,40). The summed E-state index contributed by atoms with van der Waals surface area (Å²) in [7, 11) is 1.32. The van der Waals surface area contributed by atoms with Gasteiger partial charge in [-0.2, -0.15) is 13.2 Å². The number of fused-ring (bicyclic) bond motifs is 1. The van der Waals surface area contributed by atoms with Crippen LogP contribution in [0.4, 0.5) is 22.0 Å². The van der Waals surface area contributed by atoms with Crippen LogP contribution >= 0.6 is 0 Å². The van der Waals surface area contributed by atoms with Gasteiger partial charge < -0.3 is 15.1 Å². The van der Waals surface area contributed by atoms with Crippen molar-refractivity contribution in [1.29, 1.82) is 0 Å². The summed E-state index contributed by atoms with van der Waals surface area (Å²) in [4.78, 5) is 26.8. The summed E-state index contributed by atoms with van der Waals surface area (Å²) in [5.41, 5.74) is -0.854. The molecule has 41 heavy (non-hydrogen) atoms. The van der Waals surface area contributed by atoms with Gasteiger partial charge in [-0.15, -0.1) is 0 Å². The largest absolute Gasteiger partial charge is 0.454 e. The second kappa shape index (κ2) is 12.5. The third-order valence-corrected chi connectivity index (χ3v) is 6.75. The number of benzene rings is 3. The molecule has 10 heteroatoms. The Labute approximate surface area is 233 Å². The molecule has 0 radical (unpaired) electrons. The van der Waals surface area contributed by atoms with Crippen LogP contribution in [0.2, 0.25) is 0 Å². The minimum absolute atomic E-state index is 0.148. The smallest absolute Gasteiger partial charge is 0.389 e. The van der Waals surface area contributed by atoms with Gasteiger partial charge in [-0.1, -0.05) is 50.1 Å². The monoisotopic (exact) mass is 572 g/mol. The van der Waals surface area contributed by atoms with Gasteiger partial charge in [0.05, 0.1) is 16.5 Å². The van der Waals surface area contributed by atoms with E-state index in [9.17, 15) is 27.2 Å². The van der Waals surface area contributed by atoms with Crippen molar-refractivity contribution in [3.05, 3.63) is 82.9 Å². The Balaban J connectivity index is 2.12. The summed E-state index contributed by atoms with van der Waals surface area (Å²) in [5, 5.41) is 4.81. The molecule has 0 spiro atoms. The lowest BCUT2D eigenvalue weighted by molar-refractivity contribution is -0.134. The molecule has 216 valence electrons. The van der Waals surface area contributed by atoms with E-state index in [0.29, 0.717) is 6.42 Å². The van der Waals surface area contributed by atoms with Crippen molar-refractivity contribution in [3.63, 3.8) is 0 Å². The van der Waals surface area contributed by atoms with Gasteiger partial charge in [0.25, 0.3) is 11.8 Å². The van der Waals surface area contributed by atoms with Crippen LogP contribution in [0.5, 0.6) is 0 Å². The molecular formula is C31H29F5N2O3. The summed E-state index contributed by atoms with van der Waals surface area (Å²) in [5.74, 6) is -3.21. The molecular weight excluding hydrogens is 543 g/mol. The van der Waals surface area contributed by atoms with E-state index >= 15 is 4.39 Å². The molecule has 4 aromatic rings. The number of rotatable bonds is 10. The topological polar surface area (TPSA) is 71.3 Å². The highest BCUT2D eigenvalue weighted by atomic mass is 19.4. The Kier molecular flexibility index (Phi) is 9.10. The van der Waals surface area contributed by atoms with E-state index in [-0.39, 0.29) is 56.7 Å². The summed E-state index contributed by atoms with van der Waals surface area (Å²) in [6, 6.07) is 12.8. The SMILES string of the molecule is CCCCCNC(=O)c1c(CCC(F)(F)F)c(-c2ccccc2)c(F)c2c(C(=O)NC)c(-c3ccc(F)cc3)oc12. The number of alkyl halides is 3. The van der Waals surface area contributed by atoms with Crippen LogP contribution in [-0.2, 0) is 6.42 Å². The first-order valence-electron chi connectivity index (χ1n) is 13.3. The Morgan fingerprint density at radius 3 is 2.17 bits per heavy atom. The molecule has 0 fully saturated rings. The van der Waals surface area contributed by atoms with Gasteiger partial charge in [0.1, 0.15) is 17.4 Å². The first-order chi connectivity index (χ1) is 19.6. The Bertz CT molecular complexity index is 1540. The fourth-order valence-corrected chi connectivity index (χ4v) is 4.81. The van der Waals surface area contributed by atoms with Crippen LogP contribution in [0.15, 0.2) is 59.0 Å². The van der Waals surface area contributed by atoms with E-state index < -0.39 is 42.5 Å². The second-order valence-corrected chi connectivity index (χ2v) is 9.58. The van der Waals surface area contributed by atoms with Crippen LogP contribution in [0.1, 0.15) is 58.9 Å². The molecule has 0 aliphatic carbocycles. The van der Waals surface area contributed by atoms with Crippen molar-refractivity contribution < 1.29 is 36.0 Å². The summed E-state index contributed by atoms with van der Waals surface area (Å²) >= 11 is 0. The minimum atomic E-state index is -4.59. The Morgan fingerprint density at radius 1 is 0.878 bits per heavy atom. The average Bonchev–Trinajstić information content (AvgIpc) is 3.35. The number of halogens is 5. The molecule has 0 aliphatic heterocycles. The van der Waals surface area contributed by atoms with Gasteiger partial charge in [0.2, 0.25) is 0 Å². The number of amides is 2. The summed E-state index contributed by atoms with van der Waals surface area (Å²) in [6.07, 6.45) is -4.31. The predicted octanol–water partition coefficient (Wildman–Crippen LogP) is 7.82. The molecule has 2 amide bonds. The molecule has 1 heterocycles. The molecule has 1 aromatic heterocycles. The number of hydrogen-bond acceptors (Lipinski definition) is 3. The molecule has 4 rings (SSSR count). The van der Waals surface area contributed by atoms with Gasteiger partial charge in [0, 0.05) is 31.1 Å². The third kappa shape index (κ3) is 6.42. The Hall–Kier alpha value is -4.21. The van der Waals surface area contributed by atoms with Crippen LogP contribution in [0.3, 0.4) is 0 Å². The average molecular weight is 573 g/mol. The van der Waals surface area contributed by atoms with Crippen LogP contribution in [0, 0.1) is 11.6 Å². The lowest BCUT2D eigenvalue weighted by atomic mass is 9.88. The fraction of sp³-hybridized carbons (Fsp3) is 0.290. The number of carbonyl (C=O) groups is 2. The van der Waals surface area contributed by atoms with Gasteiger partial charge >= 0.3 is 6.18 Å². The van der Waals surface area contributed by atoms with Crippen LogP contribution < -0.4 is 10.6 Å². The maximum absolute atomic E-state index is 16.7. The van der Waals surface area contributed by atoms with Crippen molar-refractivity contribution in [2.75, 3.05) is 13.6 Å². The van der Waals surface area contributed by atoms with Crippen LogP contribution in [-0.4, -0.2) is 31.6 Å². The highest BCUT2D eigenvalue weighted by molar-refractivity contribution is 6.17. The minimum Gasteiger partial charge on any atom is -0.454 e. The molecule has 0 unspecified atom stereocenters. The van der Waals surface area contributed by atoms with E-state index in [1.54, 1.807) is 18.2 Å². The van der Waals surface area contributed by atoms with Crippen molar-refractivity contribution in [2.45, 2.75) is 45.2 Å². The first-order valence-corrected chi connectivity index (χ1v) is 13.3. The van der Waals surface area contributed by atoms with E-state index in [1.165, 1.54) is 31.3 Å². The lowest BCUT2D eigenvalue weighted by Crippen LogP contribution is -2.27. The summed E-state index contributed by atoms with van der Waals surface area (Å²) in [6.45, 7) is 2.21. The third-order valence-electron chi connectivity index (χ3n) is 6.75. The highest BCUT2D eigenvalue weighted by Crippen LogP contribution is 2.44. The normalized spacial score (nSPS) is 11.6. The number of furan rings is 1. The zero-order valence-corrected chi connectivity index (χ0v) is 22.6. The van der Waals surface area contributed by atoms with Crippen molar-refractivity contribution in [1.82, 2.24) is 10.6 Å². The van der Waals surface area contributed by atoms with Crippen molar-refractivity contribution in [3.8, 4) is 22.5 Å². The predicted molar refractivity (Wildman–Crippen MR) is 147 cm³/mol. The van der Waals surface area contributed by atoms with E-state index in [0.717, 1.165) is 25.0 Å². The molecule has 5 nitrogen and oxygen atoms in total. The lowest BCUT2D eigenvalue weighted by Gasteiger charge is -2.18. The maximum Gasteiger partial charge on any atom is 0.389 e. The second-order valence-electron chi connectivity index (χ2n) is 9.58. The highest BCUT2D eigenvalue weighted by Gasteiger charge is 2.35. The fourth-order valence-electron chi connectivity index (χ4n) is 4.81. The number of carbonyl (C=O) groups excluding carboxylic acids is 2. The number of hydrogen-bond donors (Lipinski definition) is 2. The molecule has 0 saturated carbocycles. The zero-order chi connectivity index (χ0) is 29.7. The van der Waals surface area contributed by atoms with Crippen LogP contribution in [0.25, 0.3) is 33.4 Å². The zero-order valence-electron chi connectivity index (χ0n) is 22.6. The molecule has 0 atom stereocenters. The van der Waals surface area contributed by atoms with Gasteiger partial charge in [-0.25, -0.2) is 8.78 Å². The van der Waals surface area contributed by atoms with Crippen molar-refractivity contribution in [2.24, 2.45) is 0 Å². The van der Waals surface area contributed by atoms with Gasteiger partial charge in [-0.05, 0) is 48.2 Å². The van der Waals surface area contributed by atoms with Crippen molar-refractivity contribution >= 4 is 22.8 Å². The molecule has 3 aromatic carbocycles. The molecule has 0 bridgehead atoms. The van der Waals surface area contributed by atoms with E-state index in [2.05, 4.69) is 10.6 Å². The quantitative estimate of drug-likeness (QED) is 0.150. The van der Waals surface area contributed by atoms with Gasteiger partial charge in [-0.3, -0.25) is 9.59 Å². The van der Waals surface area contributed by atoms with E-state index in [4.69, 9.17) is 4.42 Å². The van der Waals surface area contributed by atoms with E-state index in [1.807, 2.05) is 6.92 Å². The summed E-state index contributed by atoms with van der Waals surface area (Å²) < 4.78 is 76.8. The molecule has 0 aliphatic rings. The Morgan fingerprint density at radius 2 is 1.56 bits per heavy atom. The maximum atomic E-state index is 16.7. The number of unbranched alkanes of at least 4 members (excludes halogenated alkanes) is 2. The molecule has 2 N–H and O–H groups in total. The van der Waals surface area contributed by atoms with Gasteiger partial charge in [0.15, 0.2) is 5.58 Å².